The van der Waals surface area contributed by atoms with Crippen molar-refractivity contribution in [2.75, 3.05) is 5.32 Å². The molecule has 0 bridgehead atoms. The first kappa shape index (κ1) is 16.5. The minimum Gasteiger partial charge on any atom is -0.365 e. The Morgan fingerprint density at radius 1 is 1.36 bits per heavy atom. The molecule has 1 amide bonds. The van der Waals surface area contributed by atoms with E-state index in [2.05, 4.69) is 29.1 Å². The lowest BCUT2D eigenvalue weighted by Gasteiger charge is -2.17. The summed E-state index contributed by atoms with van der Waals surface area (Å²) in [7, 11) is 0. The van der Waals surface area contributed by atoms with Crippen molar-refractivity contribution < 1.29 is 4.79 Å². The van der Waals surface area contributed by atoms with Gasteiger partial charge in [-0.2, -0.15) is 0 Å². The van der Waals surface area contributed by atoms with Gasteiger partial charge in [-0.25, -0.2) is 4.98 Å². The summed E-state index contributed by atoms with van der Waals surface area (Å²) < 4.78 is 0. The van der Waals surface area contributed by atoms with Gasteiger partial charge in [-0.15, -0.1) is 0 Å². The Morgan fingerprint density at radius 2 is 2.05 bits per heavy atom. The van der Waals surface area contributed by atoms with Crippen LogP contribution in [0.1, 0.15) is 41.4 Å². The third-order valence-electron chi connectivity index (χ3n) is 3.22. The highest BCUT2D eigenvalue weighted by Gasteiger charge is 2.19. The molecule has 0 unspecified atom stereocenters. The van der Waals surface area contributed by atoms with E-state index in [-0.39, 0.29) is 27.5 Å². The minimum absolute atomic E-state index is 0.101. The van der Waals surface area contributed by atoms with E-state index in [0.717, 1.165) is 16.9 Å². The molecule has 2 aromatic heterocycles. The van der Waals surface area contributed by atoms with E-state index in [4.69, 9.17) is 28.9 Å². The Bertz CT molecular complexity index is 732. The fourth-order valence-corrected chi connectivity index (χ4v) is 2.69. The fourth-order valence-electron chi connectivity index (χ4n) is 2.16. The summed E-state index contributed by atoms with van der Waals surface area (Å²) in [5.41, 5.74) is 8.08. The zero-order valence-electron chi connectivity index (χ0n) is 12.4. The van der Waals surface area contributed by atoms with Crippen molar-refractivity contribution in [1.29, 1.82) is 0 Å². The van der Waals surface area contributed by atoms with Gasteiger partial charge < -0.3 is 11.1 Å². The van der Waals surface area contributed by atoms with Gasteiger partial charge in [0.2, 0.25) is 0 Å². The minimum atomic E-state index is -0.677. The monoisotopic (exact) mass is 338 g/mol. The van der Waals surface area contributed by atoms with Gasteiger partial charge in [-0.3, -0.25) is 9.78 Å². The second-order valence-corrected chi connectivity index (χ2v) is 5.95. The maximum Gasteiger partial charge on any atom is 0.253 e. The lowest BCUT2D eigenvalue weighted by atomic mass is 10.0. The van der Waals surface area contributed by atoms with E-state index >= 15 is 0 Å². The van der Waals surface area contributed by atoms with Crippen LogP contribution in [0.5, 0.6) is 0 Å². The van der Waals surface area contributed by atoms with Gasteiger partial charge in [0.05, 0.1) is 16.4 Å². The largest absolute Gasteiger partial charge is 0.365 e. The van der Waals surface area contributed by atoms with Gasteiger partial charge in [0, 0.05) is 6.20 Å². The van der Waals surface area contributed by atoms with Crippen molar-refractivity contribution >= 4 is 40.6 Å². The van der Waals surface area contributed by atoms with Crippen molar-refractivity contribution in [3.05, 3.63) is 45.3 Å². The molecule has 2 rings (SSSR count). The second kappa shape index (κ2) is 6.50. The summed E-state index contributed by atoms with van der Waals surface area (Å²) in [5.74, 6) is -0.191. The molecule has 7 heteroatoms. The van der Waals surface area contributed by atoms with Crippen molar-refractivity contribution in [2.45, 2.75) is 26.7 Å². The number of nitrogens with one attached hydrogen (secondary N) is 1. The number of hydrogen-bond donors (Lipinski definition) is 2. The molecule has 2 aromatic rings. The molecule has 3 N–H and O–H groups in total. The summed E-state index contributed by atoms with van der Waals surface area (Å²) in [5, 5.41) is 3.44. The van der Waals surface area contributed by atoms with E-state index < -0.39 is 5.91 Å². The van der Waals surface area contributed by atoms with E-state index in [1.165, 1.54) is 6.07 Å². The van der Waals surface area contributed by atoms with Crippen molar-refractivity contribution in [2.24, 2.45) is 5.73 Å². The smallest absolute Gasteiger partial charge is 0.253 e. The number of carbonyl (C=O) groups is 1. The number of anilines is 2. The quantitative estimate of drug-likeness (QED) is 0.823. The molecule has 0 saturated heterocycles. The summed E-state index contributed by atoms with van der Waals surface area (Å²) in [6, 6.07) is 3.30. The molecule has 0 radical (unpaired) electrons. The Labute approximate surface area is 138 Å². The predicted molar refractivity (Wildman–Crippen MR) is 89.1 cm³/mol. The van der Waals surface area contributed by atoms with Gasteiger partial charge in [0.1, 0.15) is 16.5 Å². The molecule has 0 saturated carbocycles. The van der Waals surface area contributed by atoms with Crippen LogP contribution in [0.2, 0.25) is 10.2 Å². The summed E-state index contributed by atoms with van der Waals surface area (Å²) in [4.78, 5) is 20.0. The standard InChI is InChI=1S/C15H16Cl2N4O/c1-7(2)9-4-5-19-8(3)13(9)21-15-12(14(18)22)10(16)6-11(17)20-15/h4-7H,1-3H3,(H2,18,22)(H,20,21). The van der Waals surface area contributed by atoms with E-state index in [1.54, 1.807) is 6.20 Å². The van der Waals surface area contributed by atoms with Gasteiger partial charge in [-0.05, 0) is 30.5 Å². The number of halogens is 2. The molecule has 0 aliphatic heterocycles. The van der Waals surface area contributed by atoms with Crippen molar-refractivity contribution in [3.8, 4) is 0 Å². The average molecular weight is 339 g/mol. The van der Waals surface area contributed by atoms with Gasteiger partial charge in [0.25, 0.3) is 5.91 Å². The molecule has 22 heavy (non-hydrogen) atoms. The third kappa shape index (κ3) is 3.31. The Kier molecular flexibility index (Phi) is 4.88. The maximum atomic E-state index is 11.6. The lowest BCUT2D eigenvalue weighted by Crippen LogP contribution is -2.16. The zero-order chi connectivity index (χ0) is 16.4. The van der Waals surface area contributed by atoms with Crippen LogP contribution in [0.25, 0.3) is 0 Å². The fraction of sp³-hybridized carbons (Fsp3) is 0.267. The van der Waals surface area contributed by atoms with Crippen LogP contribution in [0, 0.1) is 6.92 Å². The molecule has 0 aromatic carbocycles. The number of aromatic nitrogens is 2. The van der Waals surface area contributed by atoms with Crippen LogP contribution >= 0.6 is 23.2 Å². The van der Waals surface area contributed by atoms with Crippen LogP contribution in [-0.4, -0.2) is 15.9 Å². The number of nitrogens with two attached hydrogens (primary N) is 1. The lowest BCUT2D eigenvalue weighted by molar-refractivity contribution is 0.100. The number of primary amides is 1. The first-order valence-electron chi connectivity index (χ1n) is 6.69. The molecule has 116 valence electrons. The SMILES string of the molecule is Cc1nccc(C(C)C)c1Nc1nc(Cl)cc(Cl)c1C(N)=O. The van der Waals surface area contributed by atoms with Crippen LogP contribution in [0.3, 0.4) is 0 Å². The molecule has 0 aliphatic rings. The van der Waals surface area contributed by atoms with E-state index in [0.29, 0.717) is 0 Å². The van der Waals surface area contributed by atoms with E-state index in [1.807, 2.05) is 13.0 Å². The summed E-state index contributed by atoms with van der Waals surface area (Å²) in [6.45, 7) is 5.99. The van der Waals surface area contributed by atoms with Gasteiger partial charge in [0.15, 0.2) is 0 Å². The van der Waals surface area contributed by atoms with Crippen molar-refractivity contribution in [1.82, 2.24) is 9.97 Å². The summed E-state index contributed by atoms with van der Waals surface area (Å²) >= 11 is 12.0. The van der Waals surface area contributed by atoms with Gasteiger partial charge >= 0.3 is 0 Å². The maximum absolute atomic E-state index is 11.6. The van der Waals surface area contributed by atoms with Crippen LogP contribution in [0.15, 0.2) is 18.3 Å². The molecule has 2 heterocycles. The Balaban J connectivity index is 2.59. The number of carbonyl (C=O) groups excluding carboxylic acids is 1. The predicted octanol–water partition coefficient (Wildman–Crippen LogP) is 4.06. The number of nitrogens with zero attached hydrogens (tertiary/aromatic N) is 2. The molecular weight excluding hydrogens is 323 g/mol. The molecule has 0 fully saturated rings. The summed E-state index contributed by atoms with van der Waals surface area (Å²) in [6.07, 6.45) is 1.74. The van der Waals surface area contributed by atoms with Crippen LogP contribution < -0.4 is 11.1 Å². The Hall–Kier alpha value is -1.85. The molecule has 0 aliphatic carbocycles. The highest BCUT2D eigenvalue weighted by molar-refractivity contribution is 6.37. The highest BCUT2D eigenvalue weighted by Crippen LogP contribution is 2.32. The highest BCUT2D eigenvalue weighted by atomic mass is 35.5. The van der Waals surface area contributed by atoms with Crippen LogP contribution in [0.4, 0.5) is 11.5 Å². The second-order valence-electron chi connectivity index (χ2n) is 5.15. The number of amides is 1. The number of rotatable bonds is 4. The average Bonchev–Trinajstić information content (AvgIpc) is 2.39. The topological polar surface area (TPSA) is 80.9 Å². The van der Waals surface area contributed by atoms with Crippen LogP contribution in [-0.2, 0) is 0 Å². The molecule has 0 atom stereocenters. The molecule has 0 spiro atoms. The number of hydrogen-bond acceptors (Lipinski definition) is 4. The number of aryl methyl sites for hydroxylation is 1. The Morgan fingerprint density at radius 3 is 2.64 bits per heavy atom. The number of pyridine rings is 2. The van der Waals surface area contributed by atoms with Crippen molar-refractivity contribution in [3.63, 3.8) is 0 Å². The third-order valence-corrected chi connectivity index (χ3v) is 3.72. The molecule has 5 nitrogen and oxygen atoms in total. The normalized spacial score (nSPS) is 10.8. The molecular formula is C15H16Cl2N4O. The first-order valence-corrected chi connectivity index (χ1v) is 7.45. The van der Waals surface area contributed by atoms with Gasteiger partial charge in [-0.1, -0.05) is 37.0 Å². The zero-order valence-corrected chi connectivity index (χ0v) is 14.0. The first-order chi connectivity index (χ1) is 10.3. The van der Waals surface area contributed by atoms with E-state index in [9.17, 15) is 4.79 Å².